The van der Waals surface area contributed by atoms with Gasteiger partial charge in [-0.15, -0.1) is 0 Å². The van der Waals surface area contributed by atoms with Crippen molar-refractivity contribution < 1.29 is 0 Å². The van der Waals surface area contributed by atoms with Crippen LogP contribution in [0.4, 0.5) is 0 Å². The summed E-state index contributed by atoms with van der Waals surface area (Å²) in [6, 6.07) is 90.7. The third-order valence-electron chi connectivity index (χ3n) is 15.2. The third kappa shape index (κ3) is 6.04. The fraction of sp³-hybridized carbons (Fsp3) is 0. The van der Waals surface area contributed by atoms with Crippen LogP contribution in [0, 0.1) is 22.7 Å². The normalized spacial score (nSPS) is 11.8. The second-order valence-corrected chi connectivity index (χ2v) is 19.1. The van der Waals surface area contributed by atoms with Gasteiger partial charge in [-0.05, 0) is 131 Å². The maximum atomic E-state index is 11.1. The van der Waals surface area contributed by atoms with E-state index in [0.717, 1.165) is 94.0 Å². The Bertz CT molecular complexity index is 4880. The number of para-hydroxylation sites is 6. The Balaban J connectivity index is 0.860. The van der Waals surface area contributed by atoms with Gasteiger partial charge >= 0.3 is 0 Å². The van der Waals surface area contributed by atoms with E-state index < -0.39 is 0 Å². The van der Waals surface area contributed by atoms with Crippen molar-refractivity contribution in [1.82, 2.24) is 18.3 Å². The number of nitrogens with zero attached hydrogens (tertiary/aromatic N) is 6. The molecule has 0 spiro atoms. The van der Waals surface area contributed by atoms with E-state index in [4.69, 9.17) is 0 Å². The first-order valence-corrected chi connectivity index (χ1v) is 24.9. The van der Waals surface area contributed by atoms with E-state index in [1.54, 1.807) is 0 Å². The lowest BCUT2D eigenvalue weighted by atomic mass is 10.0. The van der Waals surface area contributed by atoms with Gasteiger partial charge in [0, 0.05) is 60.2 Å². The van der Waals surface area contributed by atoms with Crippen LogP contribution in [0.5, 0.6) is 0 Å². The molecule has 74 heavy (non-hydrogen) atoms. The molecule has 0 saturated heterocycles. The SMILES string of the molecule is N#Cc1cc(-n2c3ccccc3c3cc(-c4ccc5c(c4)c4ccccc4n5-c4ccccc4)ccc32)cc(C#N)c1-n1c2ccccc2c2cc(-c3ccc4c(c3)c3ccccc3n4-c3ccccc3)ccc21. The van der Waals surface area contributed by atoms with E-state index in [0.29, 0.717) is 16.8 Å². The average molecular weight is 941 g/mol. The summed E-state index contributed by atoms with van der Waals surface area (Å²) in [4.78, 5) is 0. The Hall–Kier alpha value is -10.4. The molecule has 6 nitrogen and oxygen atoms in total. The monoisotopic (exact) mass is 940 g/mol. The molecule has 342 valence electrons. The Kier molecular flexibility index (Phi) is 8.99. The van der Waals surface area contributed by atoms with Crippen LogP contribution in [0.2, 0.25) is 0 Å². The van der Waals surface area contributed by atoms with Gasteiger partial charge in [-0.25, -0.2) is 0 Å². The summed E-state index contributed by atoms with van der Waals surface area (Å²) in [5.41, 5.74) is 17.3. The first-order valence-electron chi connectivity index (χ1n) is 24.9. The first-order chi connectivity index (χ1) is 36.6. The van der Waals surface area contributed by atoms with Gasteiger partial charge in [0.2, 0.25) is 0 Å². The van der Waals surface area contributed by atoms with Crippen molar-refractivity contribution in [3.63, 3.8) is 0 Å². The van der Waals surface area contributed by atoms with Crippen LogP contribution >= 0.6 is 0 Å². The summed E-state index contributed by atoms with van der Waals surface area (Å²) in [5.74, 6) is 0. The van der Waals surface area contributed by atoms with Gasteiger partial charge in [-0.3, -0.25) is 0 Å². The number of hydrogen-bond acceptors (Lipinski definition) is 2. The van der Waals surface area contributed by atoms with Crippen molar-refractivity contribution in [3.05, 3.63) is 254 Å². The Morgan fingerprint density at radius 2 is 0.500 bits per heavy atom. The van der Waals surface area contributed by atoms with Crippen LogP contribution < -0.4 is 0 Å². The molecule has 0 radical (unpaired) electrons. The molecule has 15 aromatic rings. The van der Waals surface area contributed by atoms with Crippen LogP contribution in [0.3, 0.4) is 0 Å². The zero-order valence-corrected chi connectivity index (χ0v) is 39.8. The van der Waals surface area contributed by atoms with E-state index in [2.05, 4.69) is 249 Å². The van der Waals surface area contributed by atoms with Gasteiger partial charge in [0.05, 0.1) is 60.9 Å². The quantitative estimate of drug-likeness (QED) is 0.167. The second kappa shape index (κ2) is 16.1. The molecule has 0 bridgehead atoms. The summed E-state index contributed by atoms with van der Waals surface area (Å²) in [6.45, 7) is 0. The highest BCUT2D eigenvalue weighted by molar-refractivity contribution is 6.15. The van der Waals surface area contributed by atoms with Gasteiger partial charge in [-0.1, -0.05) is 133 Å². The van der Waals surface area contributed by atoms with E-state index >= 15 is 0 Å². The van der Waals surface area contributed by atoms with Crippen molar-refractivity contribution in [1.29, 1.82) is 10.5 Å². The second-order valence-electron chi connectivity index (χ2n) is 19.1. The van der Waals surface area contributed by atoms with Crippen LogP contribution in [-0.2, 0) is 0 Å². The predicted octanol–water partition coefficient (Wildman–Crippen LogP) is 17.2. The molecule has 0 unspecified atom stereocenters. The highest BCUT2D eigenvalue weighted by Gasteiger charge is 2.23. The van der Waals surface area contributed by atoms with Crippen molar-refractivity contribution in [3.8, 4) is 57.1 Å². The van der Waals surface area contributed by atoms with Crippen molar-refractivity contribution in [2.75, 3.05) is 0 Å². The fourth-order valence-corrected chi connectivity index (χ4v) is 12.0. The minimum atomic E-state index is 0.413. The molecular weight excluding hydrogens is 901 g/mol. The number of nitriles is 2. The molecule has 0 atom stereocenters. The predicted molar refractivity (Wildman–Crippen MR) is 304 cm³/mol. The molecule has 0 amide bonds. The number of rotatable bonds is 6. The van der Waals surface area contributed by atoms with Gasteiger partial charge in [-0.2, -0.15) is 10.5 Å². The Labute approximate surface area is 424 Å². The smallest absolute Gasteiger partial charge is 0.101 e. The van der Waals surface area contributed by atoms with Crippen LogP contribution in [0.25, 0.3) is 132 Å². The molecule has 0 aliphatic carbocycles. The van der Waals surface area contributed by atoms with Crippen molar-refractivity contribution in [2.24, 2.45) is 0 Å². The lowest BCUT2D eigenvalue weighted by Crippen LogP contribution is -2.04. The van der Waals surface area contributed by atoms with Gasteiger partial charge in [0.15, 0.2) is 0 Å². The minimum Gasteiger partial charge on any atom is -0.309 e. The fourth-order valence-electron chi connectivity index (χ4n) is 12.0. The summed E-state index contributed by atoms with van der Waals surface area (Å²) >= 11 is 0. The molecule has 4 heterocycles. The summed E-state index contributed by atoms with van der Waals surface area (Å²) < 4.78 is 8.98. The minimum absolute atomic E-state index is 0.413. The zero-order valence-electron chi connectivity index (χ0n) is 39.8. The zero-order chi connectivity index (χ0) is 49.0. The molecule has 11 aromatic carbocycles. The molecule has 0 fully saturated rings. The van der Waals surface area contributed by atoms with Crippen LogP contribution in [0.15, 0.2) is 243 Å². The molecule has 0 N–H and O–H groups in total. The topological polar surface area (TPSA) is 67.3 Å². The maximum absolute atomic E-state index is 11.1. The van der Waals surface area contributed by atoms with Gasteiger partial charge < -0.3 is 18.3 Å². The molecule has 4 aromatic heterocycles. The Morgan fingerprint density at radius 3 is 0.838 bits per heavy atom. The number of aromatic nitrogens is 4. The van der Waals surface area contributed by atoms with E-state index in [1.165, 1.54) is 32.6 Å². The van der Waals surface area contributed by atoms with E-state index in [9.17, 15) is 10.5 Å². The summed E-state index contributed by atoms with van der Waals surface area (Å²) in [7, 11) is 0. The summed E-state index contributed by atoms with van der Waals surface area (Å²) in [6.07, 6.45) is 0. The summed E-state index contributed by atoms with van der Waals surface area (Å²) in [5, 5.41) is 31.3. The standard InChI is InChI=1S/C68H40N6/c69-41-47-35-51(73-62-25-13-9-21-54(62)58-39-45(29-33-66(58)73)43-27-31-64-56(37-43)52-19-7-11-23-60(52)71(64)49-15-3-1-4-16-49)36-48(42-70)68(47)74-63-26-14-10-22-55(63)59-40-46(30-34-67(59)74)44-28-32-65-57(38-44)53-20-8-12-24-61(53)72(65)50-17-5-2-6-18-50/h1-40H. The van der Waals surface area contributed by atoms with Crippen LogP contribution in [0.1, 0.15) is 11.1 Å². The van der Waals surface area contributed by atoms with Gasteiger partial charge in [0.1, 0.15) is 12.1 Å². The Morgan fingerprint density at radius 1 is 0.230 bits per heavy atom. The molecular formula is C68H40N6. The van der Waals surface area contributed by atoms with Crippen molar-refractivity contribution in [2.45, 2.75) is 0 Å². The van der Waals surface area contributed by atoms with Crippen LogP contribution in [-0.4, -0.2) is 18.3 Å². The molecule has 0 aliphatic heterocycles. The average Bonchev–Trinajstić information content (AvgIpc) is 4.19. The maximum Gasteiger partial charge on any atom is 0.101 e. The molecule has 15 rings (SSSR count). The molecule has 0 aliphatic rings. The number of hydrogen-bond donors (Lipinski definition) is 0. The third-order valence-corrected chi connectivity index (χ3v) is 15.2. The molecule has 0 saturated carbocycles. The van der Waals surface area contributed by atoms with Gasteiger partial charge in [0.25, 0.3) is 0 Å². The molecule has 6 heteroatoms. The highest BCUT2D eigenvalue weighted by atomic mass is 15.0. The number of benzene rings is 11. The highest BCUT2D eigenvalue weighted by Crippen LogP contribution is 2.42. The number of fused-ring (bicyclic) bond motifs is 12. The lowest BCUT2D eigenvalue weighted by Gasteiger charge is -2.16. The van der Waals surface area contributed by atoms with Crippen molar-refractivity contribution >= 4 is 87.2 Å². The largest absolute Gasteiger partial charge is 0.309 e. The lowest BCUT2D eigenvalue weighted by molar-refractivity contribution is 1.12. The first kappa shape index (κ1) is 41.4. The van der Waals surface area contributed by atoms with E-state index in [-0.39, 0.29) is 0 Å². The van der Waals surface area contributed by atoms with E-state index in [1.807, 2.05) is 24.3 Å².